The average Bonchev–Trinajstić information content (AvgIpc) is 3.14. The molecule has 7 nitrogen and oxygen atoms in total. The summed E-state index contributed by atoms with van der Waals surface area (Å²) in [5.41, 5.74) is 2.00. The van der Waals surface area contributed by atoms with Crippen LogP contribution in [0.5, 0.6) is 0 Å². The highest BCUT2D eigenvalue weighted by Crippen LogP contribution is 2.36. The van der Waals surface area contributed by atoms with E-state index in [1.54, 1.807) is 36.9 Å². The number of nitrogens with zero attached hydrogens (tertiary/aromatic N) is 3. The van der Waals surface area contributed by atoms with Crippen molar-refractivity contribution in [2.75, 3.05) is 4.90 Å². The number of anilines is 1. The summed E-state index contributed by atoms with van der Waals surface area (Å²) in [4.78, 5) is 39.1. The molecule has 9 heteroatoms. The molecule has 0 spiro atoms. The number of aromatic carboxylic acids is 1. The van der Waals surface area contributed by atoms with E-state index in [4.69, 9.17) is 17.3 Å². The van der Waals surface area contributed by atoms with E-state index in [-0.39, 0.29) is 27.0 Å². The fourth-order valence-corrected chi connectivity index (χ4v) is 4.62. The van der Waals surface area contributed by atoms with Gasteiger partial charge in [0.1, 0.15) is 5.69 Å². The quantitative estimate of drug-likeness (QED) is 0.482. The lowest BCUT2D eigenvalue weighted by atomic mass is 10.1. The van der Waals surface area contributed by atoms with Crippen LogP contribution in [0.3, 0.4) is 0 Å². The molecule has 1 saturated heterocycles. The maximum Gasteiger partial charge on any atom is 0.335 e. The zero-order chi connectivity index (χ0) is 22.3. The number of carbonyl (C=O) groups excluding carboxylic acids is 1. The lowest BCUT2D eigenvalue weighted by molar-refractivity contribution is -0.113. The zero-order valence-electron chi connectivity index (χ0n) is 16.6. The van der Waals surface area contributed by atoms with Crippen LogP contribution in [0.2, 0.25) is 0 Å². The van der Waals surface area contributed by atoms with Crippen molar-refractivity contribution >= 4 is 51.9 Å². The monoisotopic (exact) mass is 451 g/mol. The molecule has 0 atom stereocenters. The molecule has 1 aliphatic rings. The summed E-state index contributed by atoms with van der Waals surface area (Å²) < 4.78 is 3.46. The van der Waals surface area contributed by atoms with Crippen molar-refractivity contribution in [2.24, 2.45) is 7.05 Å². The third-order valence-electron chi connectivity index (χ3n) is 5.00. The lowest BCUT2D eigenvalue weighted by Crippen LogP contribution is -2.33. The van der Waals surface area contributed by atoms with Crippen molar-refractivity contribution in [3.8, 4) is 5.69 Å². The van der Waals surface area contributed by atoms with Crippen molar-refractivity contribution in [3.05, 3.63) is 86.7 Å². The molecule has 1 N–H and O–H groups in total. The molecule has 0 bridgehead atoms. The first-order chi connectivity index (χ1) is 14.8. The first-order valence-electron chi connectivity index (χ1n) is 9.25. The van der Waals surface area contributed by atoms with Gasteiger partial charge < -0.3 is 5.11 Å². The first-order valence-corrected chi connectivity index (χ1v) is 10.5. The average molecular weight is 452 g/mol. The predicted molar refractivity (Wildman–Crippen MR) is 125 cm³/mol. The summed E-state index contributed by atoms with van der Waals surface area (Å²) in [6.07, 6.45) is 1.64. The molecule has 0 unspecified atom stereocenters. The van der Waals surface area contributed by atoms with Gasteiger partial charge in [-0.1, -0.05) is 54.3 Å². The second-order valence-electron chi connectivity index (χ2n) is 6.85. The molecule has 0 radical (unpaired) electrons. The number of amides is 1. The maximum absolute atomic E-state index is 13.3. The van der Waals surface area contributed by atoms with Crippen LogP contribution in [0, 0.1) is 6.92 Å². The molecule has 1 fully saturated rings. The number of para-hydroxylation sites is 1. The number of rotatable bonds is 4. The SMILES string of the molecule is Cc1c(N2C(=O)/C(=C\c3ccc(C(=O)O)cc3)SC2=S)c(=O)n(-c2ccccc2)n1C. The van der Waals surface area contributed by atoms with Crippen LogP contribution in [0.15, 0.2) is 64.3 Å². The number of carboxylic acid groups (broad SMARTS) is 1. The van der Waals surface area contributed by atoms with Gasteiger partial charge in [-0.25, -0.2) is 9.48 Å². The zero-order valence-corrected chi connectivity index (χ0v) is 18.2. The topological polar surface area (TPSA) is 84.5 Å². The molecule has 0 saturated carbocycles. The minimum Gasteiger partial charge on any atom is -0.478 e. The third kappa shape index (κ3) is 3.62. The van der Waals surface area contributed by atoms with Gasteiger partial charge in [0.25, 0.3) is 11.5 Å². The Morgan fingerprint density at radius 2 is 1.71 bits per heavy atom. The highest BCUT2D eigenvalue weighted by Gasteiger charge is 2.37. The van der Waals surface area contributed by atoms with Crippen LogP contribution in [-0.2, 0) is 11.8 Å². The van der Waals surface area contributed by atoms with Gasteiger partial charge in [-0.05, 0) is 42.8 Å². The summed E-state index contributed by atoms with van der Waals surface area (Å²) in [5, 5.41) is 9.03. The Kier molecular flexibility index (Phi) is 5.38. The maximum atomic E-state index is 13.3. The van der Waals surface area contributed by atoms with E-state index in [0.717, 1.165) is 11.8 Å². The van der Waals surface area contributed by atoms with Gasteiger partial charge in [0, 0.05) is 7.05 Å². The van der Waals surface area contributed by atoms with E-state index in [0.29, 0.717) is 21.8 Å². The van der Waals surface area contributed by atoms with Gasteiger partial charge in [-0.15, -0.1) is 0 Å². The summed E-state index contributed by atoms with van der Waals surface area (Å²) in [5.74, 6) is -1.41. The lowest BCUT2D eigenvalue weighted by Gasteiger charge is -2.12. The van der Waals surface area contributed by atoms with E-state index in [2.05, 4.69) is 0 Å². The number of thioether (sulfide) groups is 1. The minimum atomic E-state index is -1.02. The molecule has 2 aromatic carbocycles. The summed E-state index contributed by atoms with van der Waals surface area (Å²) in [6, 6.07) is 15.3. The van der Waals surface area contributed by atoms with Gasteiger partial charge in [0.2, 0.25) is 0 Å². The van der Waals surface area contributed by atoms with Crippen LogP contribution >= 0.6 is 24.0 Å². The fraction of sp³-hybridized carbons (Fsp3) is 0.0909. The third-order valence-corrected chi connectivity index (χ3v) is 6.30. The molecular formula is C22H17N3O4S2. The minimum absolute atomic E-state index is 0.158. The molecule has 1 aromatic heterocycles. The van der Waals surface area contributed by atoms with Gasteiger partial charge in [0.15, 0.2) is 4.32 Å². The number of hydrogen-bond acceptors (Lipinski definition) is 5. The van der Waals surface area contributed by atoms with Gasteiger partial charge in [-0.3, -0.25) is 19.2 Å². The van der Waals surface area contributed by atoms with Crippen LogP contribution < -0.4 is 10.5 Å². The number of aromatic nitrogens is 2. The smallest absolute Gasteiger partial charge is 0.335 e. The van der Waals surface area contributed by atoms with Crippen LogP contribution in [0.4, 0.5) is 5.69 Å². The molecule has 0 aliphatic carbocycles. The van der Waals surface area contributed by atoms with E-state index in [9.17, 15) is 14.4 Å². The molecule has 2 heterocycles. The number of benzene rings is 2. The van der Waals surface area contributed by atoms with Crippen molar-refractivity contribution < 1.29 is 14.7 Å². The largest absolute Gasteiger partial charge is 0.478 e. The van der Waals surface area contributed by atoms with Crippen molar-refractivity contribution in [1.82, 2.24) is 9.36 Å². The Morgan fingerprint density at radius 3 is 2.32 bits per heavy atom. The van der Waals surface area contributed by atoms with Crippen LogP contribution in [0.25, 0.3) is 11.8 Å². The molecule has 156 valence electrons. The fourth-order valence-electron chi connectivity index (χ4n) is 3.35. The van der Waals surface area contributed by atoms with E-state index in [1.807, 2.05) is 30.3 Å². The molecule has 3 aromatic rings. The predicted octanol–water partition coefficient (Wildman–Crippen LogP) is 3.59. The van der Waals surface area contributed by atoms with Crippen LogP contribution in [-0.4, -0.2) is 30.7 Å². The Balaban J connectivity index is 1.73. The van der Waals surface area contributed by atoms with E-state index >= 15 is 0 Å². The summed E-state index contributed by atoms with van der Waals surface area (Å²) in [7, 11) is 1.75. The van der Waals surface area contributed by atoms with Gasteiger partial charge in [-0.2, -0.15) is 0 Å². The Labute approximate surface area is 187 Å². The van der Waals surface area contributed by atoms with Crippen molar-refractivity contribution in [1.29, 1.82) is 0 Å². The van der Waals surface area contributed by atoms with Crippen LogP contribution in [0.1, 0.15) is 21.6 Å². The van der Waals surface area contributed by atoms with E-state index in [1.165, 1.54) is 21.7 Å². The Bertz CT molecular complexity index is 1310. The molecule has 4 rings (SSSR count). The highest BCUT2D eigenvalue weighted by atomic mass is 32.2. The molecule has 1 aliphatic heterocycles. The van der Waals surface area contributed by atoms with Gasteiger partial charge in [0.05, 0.1) is 21.8 Å². The van der Waals surface area contributed by atoms with Gasteiger partial charge >= 0.3 is 5.97 Å². The standard InChI is InChI=1S/C22H17N3O4S2/c1-13-18(20(27)25(23(13)2)16-6-4-3-5-7-16)24-19(26)17(31-22(24)30)12-14-8-10-15(11-9-14)21(28)29/h3-12H,1-2H3,(H,28,29)/b17-12+. The van der Waals surface area contributed by atoms with Crippen molar-refractivity contribution in [3.63, 3.8) is 0 Å². The second kappa shape index (κ2) is 8.01. The highest BCUT2D eigenvalue weighted by molar-refractivity contribution is 8.27. The number of hydrogen-bond donors (Lipinski definition) is 1. The van der Waals surface area contributed by atoms with Crippen molar-refractivity contribution in [2.45, 2.75) is 6.92 Å². The number of thiocarbonyl (C=S) groups is 1. The second-order valence-corrected chi connectivity index (χ2v) is 8.53. The summed E-state index contributed by atoms with van der Waals surface area (Å²) >= 11 is 6.53. The first kappa shape index (κ1) is 20.8. The molecule has 1 amide bonds. The molecular weight excluding hydrogens is 434 g/mol. The summed E-state index contributed by atoms with van der Waals surface area (Å²) in [6.45, 7) is 1.77. The Hall–Kier alpha value is -3.43. The Morgan fingerprint density at radius 1 is 1.06 bits per heavy atom. The molecule has 31 heavy (non-hydrogen) atoms. The normalized spacial score (nSPS) is 15.2. The number of carbonyl (C=O) groups is 2. The van der Waals surface area contributed by atoms with E-state index < -0.39 is 5.97 Å². The number of carboxylic acids is 1.